The lowest BCUT2D eigenvalue weighted by molar-refractivity contribution is 0.187. The lowest BCUT2D eigenvalue weighted by atomic mass is 10.1. The van der Waals surface area contributed by atoms with E-state index in [1.54, 1.807) is 12.1 Å². The van der Waals surface area contributed by atoms with Gasteiger partial charge in [0.15, 0.2) is 0 Å². The van der Waals surface area contributed by atoms with Crippen LogP contribution in [0.25, 0.3) is 0 Å². The standard InChI is InChI=1S/C14H20BrClFN/c1-3-11(4-2)18(9-8-15)10-12-13(16)6-5-7-14(12)17/h5-7,11H,3-4,8-10H2,1-2H3. The summed E-state index contributed by atoms with van der Waals surface area (Å²) in [6.45, 7) is 5.80. The van der Waals surface area contributed by atoms with Gasteiger partial charge in [0.05, 0.1) is 0 Å². The number of benzene rings is 1. The van der Waals surface area contributed by atoms with E-state index in [4.69, 9.17) is 11.6 Å². The second-order valence-corrected chi connectivity index (χ2v) is 5.53. The van der Waals surface area contributed by atoms with E-state index >= 15 is 0 Å². The molecule has 0 aromatic heterocycles. The van der Waals surface area contributed by atoms with Crippen LogP contribution < -0.4 is 0 Å². The molecule has 102 valence electrons. The Labute approximate surface area is 122 Å². The normalized spacial score (nSPS) is 11.5. The van der Waals surface area contributed by atoms with Crippen molar-refractivity contribution in [3.8, 4) is 0 Å². The highest BCUT2D eigenvalue weighted by molar-refractivity contribution is 9.09. The van der Waals surface area contributed by atoms with Crippen molar-refractivity contribution in [3.63, 3.8) is 0 Å². The van der Waals surface area contributed by atoms with E-state index in [1.807, 2.05) is 0 Å². The molecule has 0 aliphatic carbocycles. The zero-order chi connectivity index (χ0) is 13.5. The van der Waals surface area contributed by atoms with Gasteiger partial charge in [-0.15, -0.1) is 0 Å². The molecular weight excluding hydrogens is 317 g/mol. The molecule has 0 N–H and O–H groups in total. The maximum Gasteiger partial charge on any atom is 0.129 e. The van der Waals surface area contributed by atoms with Crippen molar-refractivity contribution in [1.29, 1.82) is 0 Å². The molecule has 0 unspecified atom stereocenters. The Hall–Kier alpha value is -0.120. The van der Waals surface area contributed by atoms with Crippen molar-refractivity contribution in [2.75, 3.05) is 11.9 Å². The van der Waals surface area contributed by atoms with Crippen LogP contribution in [0.5, 0.6) is 0 Å². The Morgan fingerprint density at radius 1 is 1.33 bits per heavy atom. The van der Waals surface area contributed by atoms with Gasteiger partial charge in [-0.05, 0) is 25.0 Å². The van der Waals surface area contributed by atoms with Crippen molar-refractivity contribution in [2.45, 2.75) is 39.3 Å². The molecule has 1 nitrogen and oxygen atoms in total. The maximum absolute atomic E-state index is 13.8. The summed E-state index contributed by atoms with van der Waals surface area (Å²) in [7, 11) is 0. The predicted molar refractivity (Wildman–Crippen MR) is 80.0 cm³/mol. The van der Waals surface area contributed by atoms with Crippen LogP contribution in [0.15, 0.2) is 18.2 Å². The third-order valence-electron chi connectivity index (χ3n) is 3.25. The van der Waals surface area contributed by atoms with E-state index in [9.17, 15) is 4.39 Å². The van der Waals surface area contributed by atoms with Gasteiger partial charge in [0, 0.05) is 35.0 Å². The average molecular weight is 337 g/mol. The molecule has 0 aliphatic rings. The van der Waals surface area contributed by atoms with Crippen molar-refractivity contribution in [1.82, 2.24) is 4.90 Å². The quantitative estimate of drug-likeness (QED) is 0.642. The van der Waals surface area contributed by atoms with Gasteiger partial charge < -0.3 is 0 Å². The number of nitrogens with zero attached hydrogens (tertiary/aromatic N) is 1. The molecule has 0 spiro atoms. The highest BCUT2D eigenvalue weighted by Crippen LogP contribution is 2.23. The minimum atomic E-state index is -0.215. The second kappa shape index (κ2) is 8.13. The maximum atomic E-state index is 13.8. The lowest BCUT2D eigenvalue weighted by Gasteiger charge is -2.30. The van der Waals surface area contributed by atoms with E-state index in [0.29, 0.717) is 23.2 Å². The Morgan fingerprint density at radius 2 is 2.00 bits per heavy atom. The van der Waals surface area contributed by atoms with Gasteiger partial charge in [-0.25, -0.2) is 4.39 Å². The van der Waals surface area contributed by atoms with Crippen LogP contribution in [0, 0.1) is 5.82 Å². The summed E-state index contributed by atoms with van der Waals surface area (Å²) in [5, 5.41) is 1.40. The largest absolute Gasteiger partial charge is 0.295 e. The third-order valence-corrected chi connectivity index (χ3v) is 3.96. The van der Waals surface area contributed by atoms with Gasteiger partial charge in [0.2, 0.25) is 0 Å². The Balaban J connectivity index is 2.89. The molecule has 0 bridgehead atoms. The topological polar surface area (TPSA) is 3.24 Å². The van der Waals surface area contributed by atoms with E-state index in [1.165, 1.54) is 6.07 Å². The molecule has 1 aromatic rings. The molecule has 0 fully saturated rings. The summed E-state index contributed by atoms with van der Waals surface area (Å²) in [5.74, 6) is -0.215. The second-order valence-electron chi connectivity index (χ2n) is 4.33. The zero-order valence-electron chi connectivity index (χ0n) is 10.9. The molecule has 0 saturated carbocycles. The number of rotatable bonds is 7. The molecule has 0 radical (unpaired) electrons. The van der Waals surface area contributed by atoms with E-state index < -0.39 is 0 Å². The minimum absolute atomic E-state index is 0.215. The molecule has 4 heteroatoms. The van der Waals surface area contributed by atoms with Crippen molar-refractivity contribution in [3.05, 3.63) is 34.6 Å². The van der Waals surface area contributed by atoms with Crippen LogP contribution in [-0.4, -0.2) is 22.8 Å². The van der Waals surface area contributed by atoms with Crippen molar-refractivity contribution >= 4 is 27.5 Å². The number of hydrogen-bond acceptors (Lipinski definition) is 1. The minimum Gasteiger partial charge on any atom is -0.295 e. The lowest BCUT2D eigenvalue weighted by Crippen LogP contribution is -2.35. The van der Waals surface area contributed by atoms with Crippen LogP contribution in [0.1, 0.15) is 32.3 Å². The first kappa shape index (κ1) is 15.9. The Morgan fingerprint density at radius 3 is 2.50 bits per heavy atom. The monoisotopic (exact) mass is 335 g/mol. The molecule has 1 rings (SSSR count). The average Bonchev–Trinajstić information content (AvgIpc) is 2.35. The van der Waals surface area contributed by atoms with Crippen LogP contribution in [0.2, 0.25) is 5.02 Å². The fourth-order valence-corrected chi connectivity index (χ4v) is 2.87. The molecule has 1 aromatic carbocycles. The van der Waals surface area contributed by atoms with Crippen LogP contribution in [0.4, 0.5) is 4.39 Å². The first-order valence-corrected chi connectivity index (χ1v) is 7.86. The molecule has 0 amide bonds. The SMILES string of the molecule is CCC(CC)N(CCBr)Cc1c(F)cccc1Cl. The third kappa shape index (κ3) is 4.22. The summed E-state index contributed by atoms with van der Waals surface area (Å²) >= 11 is 9.55. The zero-order valence-corrected chi connectivity index (χ0v) is 13.3. The van der Waals surface area contributed by atoms with Gasteiger partial charge in [0.1, 0.15) is 5.82 Å². The highest BCUT2D eigenvalue weighted by atomic mass is 79.9. The fourth-order valence-electron chi connectivity index (χ4n) is 2.19. The molecule has 0 aliphatic heterocycles. The molecule has 0 saturated heterocycles. The van der Waals surface area contributed by atoms with Crippen molar-refractivity contribution in [2.24, 2.45) is 0 Å². The number of alkyl halides is 1. The first-order chi connectivity index (χ1) is 8.63. The molecule has 18 heavy (non-hydrogen) atoms. The molecular formula is C14H20BrClFN. The highest BCUT2D eigenvalue weighted by Gasteiger charge is 2.18. The Kier molecular flexibility index (Phi) is 7.20. The van der Waals surface area contributed by atoms with Crippen LogP contribution >= 0.6 is 27.5 Å². The molecule has 0 heterocycles. The van der Waals surface area contributed by atoms with Gasteiger partial charge >= 0.3 is 0 Å². The van der Waals surface area contributed by atoms with E-state index in [0.717, 1.165) is 24.7 Å². The fraction of sp³-hybridized carbons (Fsp3) is 0.571. The number of halogens is 3. The summed E-state index contributed by atoms with van der Waals surface area (Å²) in [6.07, 6.45) is 2.13. The van der Waals surface area contributed by atoms with Gasteiger partial charge in [0.25, 0.3) is 0 Å². The molecule has 0 atom stereocenters. The summed E-state index contributed by atoms with van der Waals surface area (Å²) in [6, 6.07) is 5.34. The summed E-state index contributed by atoms with van der Waals surface area (Å²) < 4.78 is 13.8. The Bertz CT molecular complexity index is 349. The van der Waals surface area contributed by atoms with Gasteiger partial charge in [-0.1, -0.05) is 47.4 Å². The van der Waals surface area contributed by atoms with Crippen molar-refractivity contribution < 1.29 is 4.39 Å². The smallest absolute Gasteiger partial charge is 0.129 e. The van der Waals surface area contributed by atoms with Gasteiger partial charge in [-0.3, -0.25) is 4.90 Å². The summed E-state index contributed by atoms with van der Waals surface area (Å²) in [4.78, 5) is 2.29. The van der Waals surface area contributed by atoms with Gasteiger partial charge in [-0.2, -0.15) is 0 Å². The van der Waals surface area contributed by atoms with Crippen LogP contribution in [-0.2, 0) is 6.54 Å². The summed E-state index contributed by atoms with van der Waals surface area (Å²) in [5.41, 5.74) is 0.604. The number of hydrogen-bond donors (Lipinski definition) is 0. The predicted octanol–water partition coefficient (Wildman–Crippen LogP) is 4.86. The van der Waals surface area contributed by atoms with E-state index in [2.05, 4.69) is 34.7 Å². The first-order valence-electron chi connectivity index (χ1n) is 6.36. The van der Waals surface area contributed by atoms with E-state index in [-0.39, 0.29) is 5.82 Å². The van der Waals surface area contributed by atoms with Crippen LogP contribution in [0.3, 0.4) is 0 Å².